The first kappa shape index (κ1) is 14.4. The first-order valence-electron chi connectivity index (χ1n) is 8.68. The number of nitrogens with one attached hydrogen (secondary N) is 2. The summed E-state index contributed by atoms with van der Waals surface area (Å²) in [5.74, 6) is 0. The molecule has 0 bridgehead atoms. The fourth-order valence-corrected chi connectivity index (χ4v) is 3.67. The maximum atomic E-state index is 4.66. The SMILES string of the molecule is c1ccc2c(c1)[nH]c1nccc(-c3cc(N4CCNCC4)ccn3)c12. The van der Waals surface area contributed by atoms with Gasteiger partial charge in [-0.05, 0) is 24.3 Å². The quantitative estimate of drug-likeness (QED) is 0.593. The van der Waals surface area contributed by atoms with Crippen LogP contribution in [0.3, 0.4) is 0 Å². The van der Waals surface area contributed by atoms with Crippen molar-refractivity contribution >= 4 is 27.6 Å². The number of aromatic amines is 1. The molecule has 4 heterocycles. The Labute approximate surface area is 145 Å². The standard InChI is InChI=1S/C20H19N5/c1-2-4-17-15(3-1)19-16(6-8-23-20(19)24-17)18-13-14(5-7-22-18)25-11-9-21-10-12-25/h1-8,13,21H,9-12H2,(H,23,24). The molecule has 25 heavy (non-hydrogen) atoms. The van der Waals surface area contributed by atoms with E-state index in [4.69, 9.17) is 0 Å². The second kappa shape index (κ2) is 5.86. The summed E-state index contributed by atoms with van der Waals surface area (Å²) in [5, 5.41) is 5.73. The van der Waals surface area contributed by atoms with Crippen molar-refractivity contribution in [3.63, 3.8) is 0 Å². The van der Waals surface area contributed by atoms with Crippen molar-refractivity contribution in [1.29, 1.82) is 0 Å². The van der Waals surface area contributed by atoms with E-state index < -0.39 is 0 Å². The summed E-state index contributed by atoms with van der Waals surface area (Å²) in [6.45, 7) is 4.11. The van der Waals surface area contributed by atoms with E-state index in [-0.39, 0.29) is 0 Å². The van der Waals surface area contributed by atoms with Crippen LogP contribution in [0.2, 0.25) is 0 Å². The summed E-state index contributed by atoms with van der Waals surface area (Å²) in [5.41, 5.74) is 5.37. The number of hydrogen-bond acceptors (Lipinski definition) is 4. The predicted molar refractivity (Wildman–Crippen MR) is 102 cm³/mol. The third-order valence-corrected chi connectivity index (χ3v) is 4.90. The van der Waals surface area contributed by atoms with E-state index in [9.17, 15) is 0 Å². The zero-order valence-electron chi connectivity index (χ0n) is 13.9. The van der Waals surface area contributed by atoms with Crippen LogP contribution >= 0.6 is 0 Å². The number of pyridine rings is 2. The second-order valence-corrected chi connectivity index (χ2v) is 6.39. The summed E-state index contributed by atoms with van der Waals surface area (Å²) in [4.78, 5) is 15.0. The topological polar surface area (TPSA) is 56.8 Å². The number of para-hydroxylation sites is 1. The molecule has 2 N–H and O–H groups in total. The molecule has 0 saturated carbocycles. The molecule has 4 aromatic rings. The maximum Gasteiger partial charge on any atom is 0.138 e. The number of rotatable bonds is 2. The van der Waals surface area contributed by atoms with Gasteiger partial charge in [-0.1, -0.05) is 18.2 Å². The fourth-order valence-electron chi connectivity index (χ4n) is 3.67. The number of piperazine rings is 1. The number of benzene rings is 1. The number of anilines is 1. The van der Waals surface area contributed by atoms with Crippen molar-refractivity contribution in [3.05, 3.63) is 54.9 Å². The lowest BCUT2D eigenvalue weighted by atomic mass is 10.1. The van der Waals surface area contributed by atoms with Gasteiger partial charge in [-0.3, -0.25) is 4.98 Å². The van der Waals surface area contributed by atoms with Crippen LogP contribution in [-0.4, -0.2) is 41.1 Å². The highest BCUT2D eigenvalue weighted by molar-refractivity contribution is 6.12. The molecule has 3 aromatic heterocycles. The molecule has 1 saturated heterocycles. The number of nitrogens with zero attached hydrogens (tertiary/aromatic N) is 3. The Morgan fingerprint density at radius 3 is 2.68 bits per heavy atom. The molecule has 1 aliphatic rings. The molecule has 1 aromatic carbocycles. The summed E-state index contributed by atoms with van der Waals surface area (Å²) >= 11 is 0. The van der Waals surface area contributed by atoms with E-state index in [1.54, 1.807) is 0 Å². The highest BCUT2D eigenvalue weighted by atomic mass is 15.2. The summed E-state index contributed by atoms with van der Waals surface area (Å²) in [7, 11) is 0. The molecule has 1 fully saturated rings. The Hall–Kier alpha value is -2.92. The minimum atomic E-state index is 0.910. The van der Waals surface area contributed by atoms with Crippen LogP contribution in [0.5, 0.6) is 0 Å². The van der Waals surface area contributed by atoms with Gasteiger partial charge in [0, 0.05) is 66.1 Å². The lowest BCUT2D eigenvalue weighted by molar-refractivity contribution is 0.589. The zero-order valence-corrected chi connectivity index (χ0v) is 13.9. The van der Waals surface area contributed by atoms with Gasteiger partial charge in [-0.15, -0.1) is 0 Å². The van der Waals surface area contributed by atoms with E-state index >= 15 is 0 Å². The molecule has 0 radical (unpaired) electrons. The molecule has 0 amide bonds. The minimum absolute atomic E-state index is 0.910. The van der Waals surface area contributed by atoms with Crippen LogP contribution in [0.25, 0.3) is 33.2 Å². The normalized spacial score (nSPS) is 15.1. The van der Waals surface area contributed by atoms with E-state index in [1.807, 2.05) is 18.5 Å². The Bertz CT molecular complexity index is 1050. The van der Waals surface area contributed by atoms with Gasteiger partial charge in [0.2, 0.25) is 0 Å². The third kappa shape index (κ3) is 2.44. The van der Waals surface area contributed by atoms with Crippen molar-refractivity contribution < 1.29 is 0 Å². The maximum absolute atomic E-state index is 4.66. The van der Waals surface area contributed by atoms with Crippen LogP contribution < -0.4 is 10.2 Å². The molecule has 0 spiro atoms. The fraction of sp³-hybridized carbons (Fsp3) is 0.200. The molecule has 0 aliphatic carbocycles. The van der Waals surface area contributed by atoms with Gasteiger partial charge in [0.25, 0.3) is 0 Å². The highest BCUT2D eigenvalue weighted by Gasteiger charge is 2.15. The molecule has 5 nitrogen and oxygen atoms in total. The van der Waals surface area contributed by atoms with E-state index in [2.05, 4.69) is 61.6 Å². The molecule has 0 atom stereocenters. The molecular weight excluding hydrogens is 310 g/mol. The second-order valence-electron chi connectivity index (χ2n) is 6.39. The third-order valence-electron chi connectivity index (χ3n) is 4.90. The van der Waals surface area contributed by atoms with Crippen molar-refractivity contribution in [2.75, 3.05) is 31.1 Å². The Kier molecular flexibility index (Phi) is 3.38. The number of H-pyrrole nitrogens is 1. The van der Waals surface area contributed by atoms with Crippen LogP contribution in [0.4, 0.5) is 5.69 Å². The van der Waals surface area contributed by atoms with Crippen LogP contribution in [0, 0.1) is 0 Å². The monoisotopic (exact) mass is 329 g/mol. The average Bonchev–Trinajstić information content (AvgIpc) is 3.07. The number of aromatic nitrogens is 3. The summed E-state index contributed by atoms with van der Waals surface area (Å²) < 4.78 is 0. The number of fused-ring (bicyclic) bond motifs is 3. The number of hydrogen-bond donors (Lipinski definition) is 2. The largest absolute Gasteiger partial charge is 0.369 e. The Morgan fingerprint density at radius 2 is 1.76 bits per heavy atom. The zero-order chi connectivity index (χ0) is 16.6. The Balaban J connectivity index is 1.68. The van der Waals surface area contributed by atoms with E-state index in [0.717, 1.165) is 54.0 Å². The predicted octanol–water partition coefficient (Wildman–Crippen LogP) is 3.19. The van der Waals surface area contributed by atoms with E-state index in [1.165, 1.54) is 11.1 Å². The molecule has 124 valence electrons. The lowest BCUT2D eigenvalue weighted by Crippen LogP contribution is -2.43. The molecule has 0 unspecified atom stereocenters. The first-order valence-corrected chi connectivity index (χ1v) is 8.68. The first-order chi connectivity index (χ1) is 12.4. The van der Waals surface area contributed by atoms with Crippen molar-refractivity contribution in [3.8, 4) is 11.3 Å². The van der Waals surface area contributed by atoms with Crippen LogP contribution in [0.1, 0.15) is 0 Å². The van der Waals surface area contributed by atoms with Gasteiger partial charge in [0.15, 0.2) is 0 Å². The van der Waals surface area contributed by atoms with Crippen LogP contribution in [0.15, 0.2) is 54.9 Å². The molecular formula is C20H19N5. The minimum Gasteiger partial charge on any atom is -0.369 e. The lowest BCUT2D eigenvalue weighted by Gasteiger charge is -2.29. The molecule has 1 aliphatic heterocycles. The van der Waals surface area contributed by atoms with Gasteiger partial charge in [0.05, 0.1) is 5.69 Å². The van der Waals surface area contributed by atoms with Gasteiger partial charge >= 0.3 is 0 Å². The average molecular weight is 329 g/mol. The van der Waals surface area contributed by atoms with Gasteiger partial charge in [-0.25, -0.2) is 4.98 Å². The van der Waals surface area contributed by atoms with Gasteiger partial charge in [-0.2, -0.15) is 0 Å². The molecule has 5 heteroatoms. The van der Waals surface area contributed by atoms with Gasteiger partial charge < -0.3 is 15.2 Å². The summed E-state index contributed by atoms with van der Waals surface area (Å²) in [6, 6.07) is 14.7. The van der Waals surface area contributed by atoms with Crippen molar-refractivity contribution in [1.82, 2.24) is 20.3 Å². The Morgan fingerprint density at radius 1 is 0.920 bits per heavy atom. The van der Waals surface area contributed by atoms with Crippen LogP contribution in [-0.2, 0) is 0 Å². The summed E-state index contributed by atoms with van der Waals surface area (Å²) in [6.07, 6.45) is 3.76. The highest BCUT2D eigenvalue weighted by Crippen LogP contribution is 2.33. The van der Waals surface area contributed by atoms with Gasteiger partial charge in [0.1, 0.15) is 5.65 Å². The van der Waals surface area contributed by atoms with Crippen molar-refractivity contribution in [2.45, 2.75) is 0 Å². The smallest absolute Gasteiger partial charge is 0.138 e. The van der Waals surface area contributed by atoms with E-state index in [0.29, 0.717) is 0 Å². The van der Waals surface area contributed by atoms with Crippen molar-refractivity contribution in [2.24, 2.45) is 0 Å². The molecule has 5 rings (SSSR count).